The standard InChI is InChI=1S/C23H41NO/c1-4-11-23(25)13-10-17-16(14-23)5-6-19-18(17)9-12-22(3)20(15(2)24)7-8-21(19)22/h15-21,25H,4-14,24H2,1-3H3/t15-,16-,17+,18-,19-,20-,21+,22-,23-/m1/s1. The molecule has 0 radical (unpaired) electrons. The molecule has 4 saturated carbocycles. The van der Waals surface area contributed by atoms with Gasteiger partial charge in [-0.25, -0.2) is 0 Å². The molecule has 2 nitrogen and oxygen atoms in total. The van der Waals surface area contributed by atoms with E-state index < -0.39 is 0 Å². The SMILES string of the molecule is CCC[C@@]1(O)CC[C@H]2[C@H](CC[C@@H]3[C@@H]2CC[C@]2(C)[C@@H]([C@@H](C)N)CC[C@@H]32)C1. The van der Waals surface area contributed by atoms with E-state index in [4.69, 9.17) is 5.73 Å². The summed E-state index contributed by atoms with van der Waals surface area (Å²) >= 11 is 0. The summed E-state index contributed by atoms with van der Waals surface area (Å²) in [5.74, 6) is 5.31. The van der Waals surface area contributed by atoms with Gasteiger partial charge in [-0.2, -0.15) is 0 Å². The average Bonchev–Trinajstić information content (AvgIpc) is 2.91. The minimum Gasteiger partial charge on any atom is -0.390 e. The van der Waals surface area contributed by atoms with Crippen LogP contribution >= 0.6 is 0 Å². The second-order valence-electron chi connectivity index (χ2n) is 10.7. The van der Waals surface area contributed by atoms with Crippen molar-refractivity contribution in [2.75, 3.05) is 0 Å². The van der Waals surface area contributed by atoms with Crippen LogP contribution in [-0.4, -0.2) is 16.7 Å². The van der Waals surface area contributed by atoms with Gasteiger partial charge in [0.1, 0.15) is 0 Å². The monoisotopic (exact) mass is 347 g/mol. The summed E-state index contributed by atoms with van der Waals surface area (Å²) in [7, 11) is 0. The lowest BCUT2D eigenvalue weighted by Crippen LogP contribution is -2.52. The third kappa shape index (κ3) is 2.90. The van der Waals surface area contributed by atoms with Crippen molar-refractivity contribution < 1.29 is 5.11 Å². The number of hydrogen-bond acceptors (Lipinski definition) is 2. The van der Waals surface area contributed by atoms with Crippen LogP contribution < -0.4 is 5.73 Å². The molecule has 4 rings (SSSR count). The minimum atomic E-state index is -0.334. The van der Waals surface area contributed by atoms with Crippen LogP contribution in [0.2, 0.25) is 0 Å². The van der Waals surface area contributed by atoms with Crippen LogP contribution in [-0.2, 0) is 0 Å². The molecule has 4 aliphatic rings. The zero-order chi connectivity index (χ0) is 17.8. The summed E-state index contributed by atoms with van der Waals surface area (Å²) in [5, 5.41) is 11.0. The molecular weight excluding hydrogens is 306 g/mol. The molecule has 0 aromatic rings. The van der Waals surface area contributed by atoms with Crippen molar-refractivity contribution in [3.05, 3.63) is 0 Å². The lowest BCUT2D eigenvalue weighted by atomic mass is 9.48. The summed E-state index contributed by atoms with van der Waals surface area (Å²) < 4.78 is 0. The molecule has 0 saturated heterocycles. The highest BCUT2D eigenvalue weighted by Gasteiger charge is 2.58. The highest BCUT2D eigenvalue weighted by atomic mass is 16.3. The van der Waals surface area contributed by atoms with Gasteiger partial charge in [0, 0.05) is 6.04 Å². The molecule has 4 fully saturated rings. The fraction of sp³-hybridized carbons (Fsp3) is 1.00. The number of fused-ring (bicyclic) bond motifs is 5. The average molecular weight is 348 g/mol. The Morgan fingerprint density at radius 1 is 1.00 bits per heavy atom. The largest absolute Gasteiger partial charge is 0.390 e. The fourth-order valence-corrected chi connectivity index (χ4v) is 8.56. The number of hydrogen-bond donors (Lipinski definition) is 2. The maximum absolute atomic E-state index is 11.0. The molecule has 0 aliphatic heterocycles. The Morgan fingerprint density at radius 2 is 1.76 bits per heavy atom. The van der Waals surface area contributed by atoms with Gasteiger partial charge in [0.2, 0.25) is 0 Å². The van der Waals surface area contributed by atoms with E-state index in [1.165, 1.54) is 44.9 Å². The molecular formula is C23H41NO. The summed E-state index contributed by atoms with van der Waals surface area (Å²) in [6.07, 6.45) is 14.1. The topological polar surface area (TPSA) is 46.2 Å². The second-order valence-corrected chi connectivity index (χ2v) is 10.7. The Balaban J connectivity index is 1.50. The Labute approximate surface area is 155 Å². The second kappa shape index (κ2) is 6.51. The number of aliphatic hydroxyl groups is 1. The van der Waals surface area contributed by atoms with Crippen molar-refractivity contribution in [3.8, 4) is 0 Å². The van der Waals surface area contributed by atoms with Crippen LogP contribution in [0.15, 0.2) is 0 Å². The lowest BCUT2D eigenvalue weighted by molar-refractivity contribution is -0.108. The van der Waals surface area contributed by atoms with Gasteiger partial charge in [0.25, 0.3) is 0 Å². The molecule has 3 N–H and O–H groups in total. The zero-order valence-electron chi connectivity index (χ0n) is 16.8. The first-order valence-electron chi connectivity index (χ1n) is 11.4. The normalized spacial score (nSPS) is 53.6. The van der Waals surface area contributed by atoms with Crippen molar-refractivity contribution in [2.24, 2.45) is 46.7 Å². The van der Waals surface area contributed by atoms with Gasteiger partial charge >= 0.3 is 0 Å². The van der Waals surface area contributed by atoms with Gasteiger partial charge in [0.15, 0.2) is 0 Å². The van der Waals surface area contributed by atoms with E-state index in [9.17, 15) is 5.11 Å². The van der Waals surface area contributed by atoms with Crippen molar-refractivity contribution in [1.29, 1.82) is 0 Å². The zero-order valence-corrected chi connectivity index (χ0v) is 16.8. The van der Waals surface area contributed by atoms with E-state index in [-0.39, 0.29) is 5.60 Å². The molecule has 4 aliphatic carbocycles. The molecule has 0 aromatic heterocycles. The van der Waals surface area contributed by atoms with Crippen LogP contribution in [0.5, 0.6) is 0 Å². The summed E-state index contributed by atoms with van der Waals surface area (Å²) in [6, 6.07) is 0.363. The van der Waals surface area contributed by atoms with E-state index >= 15 is 0 Å². The van der Waals surface area contributed by atoms with Gasteiger partial charge < -0.3 is 10.8 Å². The van der Waals surface area contributed by atoms with Crippen LogP contribution in [0.3, 0.4) is 0 Å². The first-order valence-corrected chi connectivity index (χ1v) is 11.4. The highest BCUT2D eigenvalue weighted by molar-refractivity contribution is 5.08. The van der Waals surface area contributed by atoms with Crippen LogP contribution in [0.1, 0.15) is 91.4 Å². The van der Waals surface area contributed by atoms with Gasteiger partial charge in [0.05, 0.1) is 5.60 Å². The predicted molar refractivity (Wildman–Crippen MR) is 104 cm³/mol. The van der Waals surface area contributed by atoms with Crippen molar-refractivity contribution in [3.63, 3.8) is 0 Å². The van der Waals surface area contributed by atoms with Crippen LogP contribution in [0, 0.1) is 40.9 Å². The van der Waals surface area contributed by atoms with Crippen LogP contribution in [0.4, 0.5) is 0 Å². The van der Waals surface area contributed by atoms with E-state index in [1.807, 2.05) is 0 Å². The fourth-order valence-electron chi connectivity index (χ4n) is 8.56. The third-order valence-corrected chi connectivity index (χ3v) is 9.53. The molecule has 0 spiro atoms. The molecule has 0 amide bonds. The molecule has 0 heterocycles. The predicted octanol–water partition coefficient (Wildman–Crippen LogP) is 5.13. The summed E-state index contributed by atoms with van der Waals surface area (Å²) in [4.78, 5) is 0. The van der Waals surface area contributed by atoms with Crippen molar-refractivity contribution in [2.45, 2.75) is 103 Å². The lowest BCUT2D eigenvalue weighted by Gasteiger charge is -2.57. The number of rotatable bonds is 3. The highest BCUT2D eigenvalue weighted by Crippen LogP contribution is 2.65. The molecule has 0 unspecified atom stereocenters. The summed E-state index contributed by atoms with van der Waals surface area (Å²) in [5.41, 5.74) is 6.57. The van der Waals surface area contributed by atoms with Gasteiger partial charge in [-0.1, -0.05) is 20.3 Å². The molecule has 0 bridgehead atoms. The maximum Gasteiger partial charge on any atom is 0.0650 e. The van der Waals surface area contributed by atoms with Gasteiger partial charge in [-0.05, 0) is 112 Å². The smallest absolute Gasteiger partial charge is 0.0650 e. The minimum absolute atomic E-state index is 0.334. The van der Waals surface area contributed by atoms with E-state index in [0.29, 0.717) is 11.5 Å². The van der Waals surface area contributed by atoms with E-state index in [2.05, 4.69) is 20.8 Å². The van der Waals surface area contributed by atoms with Crippen molar-refractivity contribution in [1.82, 2.24) is 0 Å². The maximum atomic E-state index is 11.0. The van der Waals surface area contributed by atoms with Crippen LogP contribution in [0.25, 0.3) is 0 Å². The first-order chi connectivity index (χ1) is 11.9. The first kappa shape index (κ1) is 18.3. The molecule has 9 atom stereocenters. The Kier molecular flexibility index (Phi) is 4.77. The Hall–Kier alpha value is -0.0800. The third-order valence-electron chi connectivity index (χ3n) is 9.53. The molecule has 0 aromatic carbocycles. The summed E-state index contributed by atoms with van der Waals surface area (Å²) in [6.45, 7) is 7.05. The molecule has 144 valence electrons. The molecule has 2 heteroatoms. The Bertz CT molecular complexity index is 490. The van der Waals surface area contributed by atoms with E-state index in [1.54, 1.807) is 0 Å². The Morgan fingerprint density at radius 3 is 2.48 bits per heavy atom. The van der Waals surface area contributed by atoms with Gasteiger partial charge in [-0.3, -0.25) is 0 Å². The number of nitrogens with two attached hydrogens (primary N) is 1. The van der Waals surface area contributed by atoms with E-state index in [0.717, 1.165) is 61.2 Å². The quantitative estimate of drug-likeness (QED) is 0.743. The van der Waals surface area contributed by atoms with Crippen molar-refractivity contribution >= 4 is 0 Å². The molecule has 25 heavy (non-hydrogen) atoms. The van der Waals surface area contributed by atoms with Gasteiger partial charge in [-0.15, -0.1) is 0 Å².